The Bertz CT molecular complexity index is 929. The number of nitrogens with two attached hydrogens (primary N) is 1. The van der Waals surface area contributed by atoms with E-state index in [2.05, 4.69) is 33.4 Å². The van der Waals surface area contributed by atoms with Crippen LogP contribution in [0.2, 0.25) is 0 Å². The number of aromatic nitrogens is 4. The summed E-state index contributed by atoms with van der Waals surface area (Å²) in [6.07, 6.45) is 4.30. The van der Waals surface area contributed by atoms with Crippen LogP contribution in [-0.4, -0.2) is 44.2 Å². The predicted molar refractivity (Wildman–Crippen MR) is 93.2 cm³/mol. The molecule has 0 aliphatic carbocycles. The minimum Gasteiger partial charge on any atom is -0.412 e. The Labute approximate surface area is 139 Å². The number of hydrogen-bond acceptors (Lipinski definition) is 6. The minimum atomic E-state index is -3.67. The lowest BCUT2D eigenvalue weighted by Gasteiger charge is -2.08. The maximum Gasteiger partial charge on any atom is 0.261 e. The van der Waals surface area contributed by atoms with Crippen molar-refractivity contribution in [3.8, 4) is 0 Å². The first-order chi connectivity index (χ1) is 10.7. The van der Waals surface area contributed by atoms with Crippen LogP contribution < -0.4 is 5.73 Å². The Balaban J connectivity index is 0.000000425. The number of nitrogens with zero attached hydrogens (tertiary/aromatic N) is 4. The van der Waals surface area contributed by atoms with Crippen LogP contribution in [0.1, 0.15) is 13.8 Å². The van der Waals surface area contributed by atoms with E-state index < -0.39 is 10.1 Å². The summed E-state index contributed by atoms with van der Waals surface area (Å²) in [4.78, 5) is 13.1. The van der Waals surface area contributed by atoms with E-state index in [1.807, 2.05) is 18.5 Å². The average Bonchev–Trinajstić information content (AvgIpc) is 2.81. The third kappa shape index (κ3) is 4.85. The normalized spacial score (nSPS) is 11.2. The summed E-state index contributed by atoms with van der Waals surface area (Å²) in [7, 11) is -3.67. The maximum absolute atomic E-state index is 9.19. The van der Waals surface area contributed by atoms with Crippen molar-refractivity contribution < 1.29 is 18.4 Å². The molecule has 3 aromatic rings. The smallest absolute Gasteiger partial charge is 0.261 e. The van der Waals surface area contributed by atoms with Gasteiger partial charge in [0.2, 0.25) is 0 Å². The van der Waals surface area contributed by atoms with Gasteiger partial charge in [0.15, 0.2) is 5.82 Å². The second kappa shape index (κ2) is 7.51. The summed E-state index contributed by atoms with van der Waals surface area (Å²) in [5.74, 6) is 1.00. The monoisotopic (exact) mass is 355 g/mol. The molecule has 24 heavy (non-hydrogen) atoms. The van der Waals surface area contributed by atoms with Crippen molar-refractivity contribution in [2.45, 2.75) is 20.4 Å². The van der Waals surface area contributed by atoms with E-state index in [1.54, 1.807) is 6.20 Å². The molecule has 3 rings (SSSR count). The molecule has 0 aromatic carbocycles. The van der Waals surface area contributed by atoms with Crippen LogP contribution in [0.4, 0.5) is 5.82 Å². The van der Waals surface area contributed by atoms with E-state index in [4.69, 9.17) is 10.3 Å². The summed E-state index contributed by atoms with van der Waals surface area (Å²) < 4.78 is 28.0. The van der Waals surface area contributed by atoms with Crippen molar-refractivity contribution >= 4 is 38.0 Å². The number of nitrogen functional groups attached to an aromatic ring is 1. The zero-order chi connectivity index (χ0) is 17.2. The molecule has 0 atom stereocenters. The van der Waals surface area contributed by atoms with E-state index in [-0.39, 0.29) is 5.48 Å². The molecule has 9 nitrogen and oxygen atoms in total. The largest absolute Gasteiger partial charge is 0.412 e. The molecular formula is C14H21N5O4S. The SMILES string of the molecule is CC(C)Cn1cnc2c(N)nc3cccnc3c21.CS(=O)(=O)O.O. The first-order valence-corrected chi connectivity index (χ1v) is 8.79. The van der Waals surface area contributed by atoms with Crippen LogP contribution in [0.25, 0.3) is 22.1 Å². The van der Waals surface area contributed by atoms with Crippen LogP contribution in [0.15, 0.2) is 24.7 Å². The van der Waals surface area contributed by atoms with Gasteiger partial charge in [0, 0.05) is 12.7 Å². The minimum absolute atomic E-state index is 0. The Morgan fingerprint density at radius 2 is 1.92 bits per heavy atom. The lowest BCUT2D eigenvalue weighted by molar-refractivity contribution is 0.490. The van der Waals surface area contributed by atoms with Gasteiger partial charge in [-0.15, -0.1) is 0 Å². The highest BCUT2D eigenvalue weighted by atomic mass is 32.2. The zero-order valence-electron chi connectivity index (χ0n) is 13.6. The molecule has 0 amide bonds. The molecule has 0 aliphatic heterocycles. The lowest BCUT2D eigenvalue weighted by atomic mass is 10.2. The summed E-state index contributed by atoms with van der Waals surface area (Å²) in [5.41, 5.74) is 9.34. The van der Waals surface area contributed by atoms with Crippen molar-refractivity contribution in [1.82, 2.24) is 19.5 Å². The van der Waals surface area contributed by atoms with Crippen LogP contribution in [-0.2, 0) is 16.7 Å². The fraction of sp³-hybridized carbons (Fsp3) is 0.357. The Hall–Kier alpha value is -2.30. The number of hydrogen-bond donors (Lipinski definition) is 2. The van der Waals surface area contributed by atoms with E-state index >= 15 is 0 Å². The molecule has 0 radical (unpaired) electrons. The van der Waals surface area contributed by atoms with Gasteiger partial charge in [-0.25, -0.2) is 9.97 Å². The first-order valence-electron chi connectivity index (χ1n) is 6.94. The molecule has 10 heteroatoms. The number of imidazole rings is 1. The average molecular weight is 355 g/mol. The van der Waals surface area contributed by atoms with E-state index in [9.17, 15) is 8.42 Å². The number of fused-ring (bicyclic) bond motifs is 3. The second-order valence-electron chi connectivity index (χ2n) is 5.59. The molecule has 132 valence electrons. The highest BCUT2D eigenvalue weighted by molar-refractivity contribution is 7.85. The van der Waals surface area contributed by atoms with Crippen molar-refractivity contribution in [3.63, 3.8) is 0 Å². The molecule has 3 aromatic heterocycles. The lowest BCUT2D eigenvalue weighted by Crippen LogP contribution is -2.04. The Morgan fingerprint density at radius 1 is 1.29 bits per heavy atom. The van der Waals surface area contributed by atoms with Crippen LogP contribution in [0, 0.1) is 5.92 Å². The quantitative estimate of drug-likeness (QED) is 0.647. The van der Waals surface area contributed by atoms with Gasteiger partial charge in [0.05, 0.1) is 18.1 Å². The van der Waals surface area contributed by atoms with E-state index in [0.717, 1.165) is 28.6 Å². The molecule has 0 bridgehead atoms. The van der Waals surface area contributed by atoms with Crippen molar-refractivity contribution in [1.29, 1.82) is 0 Å². The standard InChI is InChI=1S/C13H15N5.CH4O3S.H2O/c1-8(2)6-18-7-16-11-12(18)10-9(17-13(11)14)4-3-5-15-10;1-5(2,3)4;/h3-5,7-8H,6H2,1-2H3,(H2,14,17);1H3,(H,2,3,4);1H2. The molecule has 0 fully saturated rings. The van der Waals surface area contributed by atoms with Gasteiger partial charge >= 0.3 is 0 Å². The second-order valence-corrected chi connectivity index (χ2v) is 7.06. The van der Waals surface area contributed by atoms with Crippen LogP contribution in [0.3, 0.4) is 0 Å². The fourth-order valence-electron chi connectivity index (χ4n) is 2.20. The van der Waals surface area contributed by atoms with Gasteiger partial charge in [-0.05, 0) is 18.1 Å². The number of pyridine rings is 2. The number of rotatable bonds is 2. The Kier molecular flexibility index (Phi) is 6.18. The topological polar surface area (TPSA) is 155 Å². The molecular weight excluding hydrogens is 334 g/mol. The highest BCUT2D eigenvalue weighted by Gasteiger charge is 2.13. The van der Waals surface area contributed by atoms with Crippen LogP contribution >= 0.6 is 0 Å². The van der Waals surface area contributed by atoms with E-state index in [0.29, 0.717) is 18.0 Å². The third-order valence-corrected chi connectivity index (χ3v) is 2.89. The molecule has 0 spiro atoms. The van der Waals surface area contributed by atoms with Gasteiger partial charge in [-0.2, -0.15) is 8.42 Å². The van der Waals surface area contributed by atoms with Gasteiger partial charge in [-0.1, -0.05) is 13.8 Å². The molecule has 0 unspecified atom stereocenters. The summed E-state index contributed by atoms with van der Waals surface area (Å²) in [6.45, 7) is 5.24. The summed E-state index contributed by atoms with van der Waals surface area (Å²) in [5, 5.41) is 0. The van der Waals surface area contributed by atoms with Crippen molar-refractivity contribution in [2.24, 2.45) is 5.92 Å². The van der Waals surface area contributed by atoms with Crippen molar-refractivity contribution in [2.75, 3.05) is 12.0 Å². The summed E-state index contributed by atoms with van der Waals surface area (Å²) in [6, 6.07) is 3.79. The fourth-order valence-corrected chi connectivity index (χ4v) is 2.20. The number of anilines is 1. The third-order valence-electron chi connectivity index (χ3n) is 2.89. The van der Waals surface area contributed by atoms with Gasteiger partial charge < -0.3 is 15.8 Å². The molecule has 0 aliphatic rings. The Morgan fingerprint density at radius 3 is 2.50 bits per heavy atom. The highest BCUT2D eigenvalue weighted by Crippen LogP contribution is 2.25. The maximum atomic E-state index is 9.19. The molecule has 5 N–H and O–H groups in total. The predicted octanol–water partition coefficient (Wildman–Crippen LogP) is 0.897. The van der Waals surface area contributed by atoms with Gasteiger partial charge in [-0.3, -0.25) is 9.54 Å². The van der Waals surface area contributed by atoms with Gasteiger partial charge in [0.1, 0.15) is 16.6 Å². The van der Waals surface area contributed by atoms with E-state index in [1.165, 1.54) is 0 Å². The molecule has 0 saturated heterocycles. The zero-order valence-corrected chi connectivity index (χ0v) is 14.4. The summed E-state index contributed by atoms with van der Waals surface area (Å²) >= 11 is 0. The van der Waals surface area contributed by atoms with Gasteiger partial charge in [0.25, 0.3) is 10.1 Å². The van der Waals surface area contributed by atoms with Crippen molar-refractivity contribution in [3.05, 3.63) is 24.7 Å². The molecule has 0 saturated carbocycles. The first kappa shape index (κ1) is 19.7. The van der Waals surface area contributed by atoms with Crippen LogP contribution in [0.5, 0.6) is 0 Å². The molecule has 3 heterocycles.